The van der Waals surface area contributed by atoms with Crippen LogP contribution in [0.15, 0.2) is 36.4 Å². The Labute approximate surface area is 188 Å². The van der Waals surface area contributed by atoms with Crippen molar-refractivity contribution in [3.63, 3.8) is 0 Å². The first-order chi connectivity index (χ1) is 15.3. The lowest BCUT2D eigenvalue weighted by molar-refractivity contribution is -0.232. The number of aliphatic hydroxyl groups excluding tert-OH is 4. The molecule has 7 heteroatoms. The molecule has 1 fully saturated rings. The van der Waals surface area contributed by atoms with Gasteiger partial charge in [-0.3, -0.25) is 0 Å². The van der Waals surface area contributed by atoms with Crippen molar-refractivity contribution in [3.05, 3.63) is 64.2 Å². The van der Waals surface area contributed by atoms with Gasteiger partial charge in [0.2, 0.25) is 0 Å². The quantitative estimate of drug-likeness (QED) is 0.518. The topological polar surface area (TPSA) is 123 Å². The summed E-state index contributed by atoms with van der Waals surface area (Å²) in [6.07, 6.45) is -5.26. The summed E-state index contributed by atoms with van der Waals surface area (Å²) in [6, 6.07) is 13.7. The summed E-state index contributed by atoms with van der Waals surface area (Å²) in [4.78, 5) is 0. The van der Waals surface area contributed by atoms with Crippen LogP contribution in [-0.2, 0) is 17.6 Å². The van der Waals surface area contributed by atoms with Crippen LogP contribution in [0, 0.1) is 11.3 Å². The minimum absolute atomic E-state index is 0.211. The third-order valence-corrected chi connectivity index (χ3v) is 5.74. The highest BCUT2D eigenvalue weighted by molar-refractivity contribution is 5.51. The van der Waals surface area contributed by atoms with Crippen molar-refractivity contribution < 1.29 is 29.9 Å². The van der Waals surface area contributed by atoms with Crippen LogP contribution >= 0.6 is 0 Å². The Balaban J connectivity index is 2.06. The Morgan fingerprint density at radius 3 is 2.25 bits per heavy atom. The van der Waals surface area contributed by atoms with E-state index < -0.39 is 37.1 Å². The molecule has 1 saturated heterocycles. The van der Waals surface area contributed by atoms with Gasteiger partial charge in [-0.2, -0.15) is 5.26 Å². The first-order valence-corrected chi connectivity index (χ1v) is 10.9. The number of nitriles is 1. The maximum Gasteiger partial charge on any atom is 0.126 e. The number of benzene rings is 2. The second-order valence-corrected chi connectivity index (χ2v) is 8.42. The number of hydrogen-bond acceptors (Lipinski definition) is 7. The molecule has 3 rings (SSSR count). The van der Waals surface area contributed by atoms with E-state index in [4.69, 9.17) is 9.47 Å². The molecule has 5 atom stereocenters. The van der Waals surface area contributed by atoms with E-state index >= 15 is 0 Å². The molecule has 0 spiro atoms. The van der Waals surface area contributed by atoms with E-state index in [0.29, 0.717) is 23.3 Å². The summed E-state index contributed by atoms with van der Waals surface area (Å²) in [5.74, 6) is 0.353. The Kier molecular flexibility index (Phi) is 7.88. The lowest BCUT2D eigenvalue weighted by Gasteiger charge is -2.40. The van der Waals surface area contributed by atoms with Crippen molar-refractivity contribution in [2.75, 3.05) is 6.61 Å². The largest absolute Gasteiger partial charge is 0.491 e. The molecule has 1 aliphatic rings. The van der Waals surface area contributed by atoms with Gasteiger partial charge in [-0.15, -0.1) is 0 Å². The zero-order valence-electron chi connectivity index (χ0n) is 18.6. The normalized spacial score (nSPS) is 25.5. The number of nitrogens with zero attached hydrogens (tertiary/aromatic N) is 1. The average Bonchev–Trinajstić information content (AvgIpc) is 2.79. The molecule has 0 aliphatic carbocycles. The molecular weight excluding hydrogens is 410 g/mol. The summed E-state index contributed by atoms with van der Waals surface area (Å²) in [5, 5.41) is 50.4. The minimum Gasteiger partial charge on any atom is -0.491 e. The van der Waals surface area contributed by atoms with E-state index in [1.807, 2.05) is 26.0 Å². The van der Waals surface area contributed by atoms with Crippen molar-refractivity contribution in [1.29, 1.82) is 5.26 Å². The summed E-state index contributed by atoms with van der Waals surface area (Å²) in [7, 11) is 0. The number of hydrogen-bond donors (Lipinski definition) is 4. The molecule has 2 aromatic carbocycles. The maximum atomic E-state index is 10.7. The second-order valence-electron chi connectivity index (χ2n) is 8.42. The summed E-state index contributed by atoms with van der Waals surface area (Å²) < 4.78 is 11.7. The van der Waals surface area contributed by atoms with Gasteiger partial charge in [0, 0.05) is 5.56 Å². The third kappa shape index (κ3) is 5.12. The average molecular weight is 442 g/mol. The molecule has 2 aromatic rings. The molecule has 0 unspecified atom stereocenters. The monoisotopic (exact) mass is 441 g/mol. The summed E-state index contributed by atoms with van der Waals surface area (Å²) >= 11 is 0. The first-order valence-electron chi connectivity index (χ1n) is 10.9. The van der Waals surface area contributed by atoms with Crippen LogP contribution in [0.1, 0.15) is 54.7 Å². The van der Waals surface area contributed by atoms with Crippen molar-refractivity contribution in [2.24, 2.45) is 0 Å². The number of aliphatic hydroxyl groups is 4. The smallest absolute Gasteiger partial charge is 0.126 e. The van der Waals surface area contributed by atoms with Gasteiger partial charge in [0.05, 0.1) is 24.3 Å². The highest BCUT2D eigenvalue weighted by Gasteiger charge is 2.45. The lowest BCUT2D eigenvalue weighted by Crippen LogP contribution is -2.55. The van der Waals surface area contributed by atoms with Crippen molar-refractivity contribution in [2.45, 2.75) is 70.2 Å². The number of aryl methyl sites for hydroxylation is 1. The molecule has 0 aromatic heterocycles. The molecule has 0 bridgehead atoms. The van der Waals surface area contributed by atoms with Gasteiger partial charge in [-0.05, 0) is 55.5 Å². The molecular formula is C25H31NO6. The molecule has 0 saturated carbocycles. The third-order valence-electron chi connectivity index (χ3n) is 5.74. The number of rotatable bonds is 7. The first kappa shape index (κ1) is 24.2. The van der Waals surface area contributed by atoms with Crippen molar-refractivity contribution in [3.8, 4) is 11.8 Å². The molecule has 0 radical (unpaired) electrons. The van der Waals surface area contributed by atoms with Crippen LogP contribution in [0.2, 0.25) is 0 Å². The van der Waals surface area contributed by atoms with Gasteiger partial charge >= 0.3 is 0 Å². The van der Waals surface area contributed by atoms with Crippen LogP contribution in [0.5, 0.6) is 5.75 Å². The Morgan fingerprint density at radius 1 is 1.03 bits per heavy atom. The van der Waals surface area contributed by atoms with Gasteiger partial charge in [-0.25, -0.2) is 0 Å². The lowest BCUT2D eigenvalue weighted by atomic mass is 9.88. The Morgan fingerprint density at radius 2 is 1.69 bits per heavy atom. The Bertz CT molecular complexity index is 950. The van der Waals surface area contributed by atoms with Crippen LogP contribution in [0.3, 0.4) is 0 Å². The van der Waals surface area contributed by atoms with E-state index in [-0.39, 0.29) is 6.10 Å². The summed E-state index contributed by atoms with van der Waals surface area (Å²) in [6.45, 7) is 5.25. The zero-order valence-corrected chi connectivity index (χ0v) is 18.6. The van der Waals surface area contributed by atoms with E-state index in [9.17, 15) is 25.7 Å². The predicted octanol–water partition coefficient (Wildman–Crippen LogP) is 2.01. The SMILES string of the molecule is CCc1ccc(Cc2cc([C@@H]3O[C@H](CO)[C@@H](O)[C@H](O)[C@H]3O)c(OC(C)C)cc2C#N)cc1. The van der Waals surface area contributed by atoms with Gasteiger partial charge in [0.1, 0.15) is 36.3 Å². The van der Waals surface area contributed by atoms with Crippen LogP contribution in [-0.4, -0.2) is 57.6 Å². The minimum atomic E-state index is -1.50. The second kappa shape index (κ2) is 10.4. The van der Waals surface area contributed by atoms with Crippen molar-refractivity contribution in [1.82, 2.24) is 0 Å². The molecule has 32 heavy (non-hydrogen) atoms. The van der Waals surface area contributed by atoms with Crippen LogP contribution in [0.4, 0.5) is 0 Å². The molecule has 4 N–H and O–H groups in total. The van der Waals surface area contributed by atoms with Gasteiger partial charge in [0.25, 0.3) is 0 Å². The van der Waals surface area contributed by atoms with Crippen LogP contribution < -0.4 is 4.74 Å². The highest BCUT2D eigenvalue weighted by Crippen LogP contribution is 2.39. The number of ether oxygens (including phenoxy) is 2. The summed E-state index contributed by atoms with van der Waals surface area (Å²) in [5.41, 5.74) is 3.86. The van der Waals surface area contributed by atoms with E-state index in [0.717, 1.165) is 17.5 Å². The predicted molar refractivity (Wildman–Crippen MR) is 118 cm³/mol. The van der Waals surface area contributed by atoms with Gasteiger partial charge < -0.3 is 29.9 Å². The molecule has 1 heterocycles. The van der Waals surface area contributed by atoms with Crippen molar-refractivity contribution >= 4 is 0 Å². The van der Waals surface area contributed by atoms with Crippen LogP contribution in [0.25, 0.3) is 0 Å². The fourth-order valence-corrected chi connectivity index (χ4v) is 3.94. The highest BCUT2D eigenvalue weighted by atomic mass is 16.5. The van der Waals surface area contributed by atoms with Gasteiger partial charge in [0.15, 0.2) is 0 Å². The molecule has 172 valence electrons. The van der Waals surface area contributed by atoms with E-state index in [2.05, 4.69) is 25.1 Å². The fraction of sp³-hybridized carbons (Fsp3) is 0.480. The molecule has 0 amide bonds. The standard InChI is InChI=1S/C25H31NO6/c1-4-15-5-7-16(8-6-15)9-17-10-19(20(31-14(2)3)11-18(17)12-26)25-24(30)23(29)22(28)21(13-27)32-25/h5-8,10-11,14,21-25,27-30H,4,9,13H2,1-3H3/t21-,22-,23+,24-,25+/m1/s1. The van der Waals surface area contributed by atoms with E-state index in [1.165, 1.54) is 5.56 Å². The maximum absolute atomic E-state index is 10.7. The molecule has 7 nitrogen and oxygen atoms in total. The molecule has 1 aliphatic heterocycles. The Hall–Kier alpha value is -2.47. The zero-order chi connectivity index (χ0) is 23.4. The fourth-order valence-electron chi connectivity index (χ4n) is 3.94. The van der Waals surface area contributed by atoms with Gasteiger partial charge in [-0.1, -0.05) is 31.2 Å². The van der Waals surface area contributed by atoms with E-state index in [1.54, 1.807) is 12.1 Å².